The fourth-order valence-electron chi connectivity index (χ4n) is 2.42. The third kappa shape index (κ3) is 2.10. The van der Waals surface area contributed by atoms with Gasteiger partial charge in [0.15, 0.2) is 0 Å². The summed E-state index contributed by atoms with van der Waals surface area (Å²) < 4.78 is 4.38. The zero-order valence-corrected chi connectivity index (χ0v) is 11.2. The smallest absolute Gasteiger partial charge is 0.205 e. The van der Waals surface area contributed by atoms with Crippen LogP contribution in [-0.2, 0) is 6.42 Å². The van der Waals surface area contributed by atoms with Gasteiger partial charge in [-0.15, -0.1) is 0 Å². The molecule has 1 aliphatic rings. The van der Waals surface area contributed by atoms with E-state index in [0.29, 0.717) is 6.04 Å². The summed E-state index contributed by atoms with van der Waals surface area (Å²) in [6.45, 7) is 3.16. The molecule has 5 heteroatoms. The molecule has 2 aromatic rings. The standard InChI is InChI=1S/C13H16N4S/c1-2-12-15-13(18-16-12)17-8-4-6-11(17)10-5-3-7-14-9-10/h3,5,7,9,11H,2,4,6,8H2,1H3. The topological polar surface area (TPSA) is 41.9 Å². The van der Waals surface area contributed by atoms with E-state index in [0.717, 1.165) is 23.9 Å². The second-order valence-electron chi connectivity index (χ2n) is 4.48. The summed E-state index contributed by atoms with van der Waals surface area (Å²) in [5.74, 6) is 0.951. The van der Waals surface area contributed by atoms with E-state index in [1.807, 2.05) is 18.5 Å². The van der Waals surface area contributed by atoms with Crippen molar-refractivity contribution in [3.05, 3.63) is 35.9 Å². The molecule has 0 aliphatic carbocycles. The highest BCUT2D eigenvalue weighted by molar-refractivity contribution is 7.09. The quantitative estimate of drug-likeness (QED) is 0.851. The first-order valence-electron chi connectivity index (χ1n) is 6.37. The largest absolute Gasteiger partial charge is 0.340 e. The number of hydrogen-bond donors (Lipinski definition) is 0. The van der Waals surface area contributed by atoms with Gasteiger partial charge in [0.25, 0.3) is 0 Å². The van der Waals surface area contributed by atoms with Gasteiger partial charge in [-0.05, 0) is 24.5 Å². The number of aryl methyl sites for hydroxylation is 1. The summed E-state index contributed by atoms with van der Waals surface area (Å²) in [7, 11) is 0. The molecule has 1 unspecified atom stereocenters. The van der Waals surface area contributed by atoms with Crippen LogP contribution in [0.2, 0.25) is 0 Å². The maximum absolute atomic E-state index is 4.60. The van der Waals surface area contributed by atoms with Crippen LogP contribution in [0.5, 0.6) is 0 Å². The molecule has 18 heavy (non-hydrogen) atoms. The molecule has 0 bridgehead atoms. The molecule has 3 heterocycles. The highest BCUT2D eigenvalue weighted by atomic mass is 32.1. The SMILES string of the molecule is CCc1nsc(N2CCCC2c2cccnc2)n1. The lowest BCUT2D eigenvalue weighted by atomic mass is 10.1. The number of nitrogens with zero attached hydrogens (tertiary/aromatic N) is 4. The Kier molecular flexibility index (Phi) is 3.23. The Morgan fingerprint density at radius 2 is 2.44 bits per heavy atom. The van der Waals surface area contributed by atoms with E-state index in [1.165, 1.54) is 29.9 Å². The van der Waals surface area contributed by atoms with Crippen LogP contribution in [0.15, 0.2) is 24.5 Å². The van der Waals surface area contributed by atoms with Gasteiger partial charge in [-0.2, -0.15) is 4.37 Å². The number of anilines is 1. The first-order valence-corrected chi connectivity index (χ1v) is 7.15. The van der Waals surface area contributed by atoms with Crippen LogP contribution >= 0.6 is 11.5 Å². The molecule has 0 spiro atoms. The Labute approximate surface area is 111 Å². The molecule has 0 amide bonds. The minimum Gasteiger partial charge on any atom is -0.340 e. The second-order valence-corrected chi connectivity index (χ2v) is 5.21. The third-order valence-electron chi connectivity index (χ3n) is 3.34. The van der Waals surface area contributed by atoms with Crippen LogP contribution in [0.1, 0.15) is 37.2 Å². The van der Waals surface area contributed by atoms with Crippen LogP contribution in [0.25, 0.3) is 0 Å². The molecule has 0 N–H and O–H groups in total. The number of aromatic nitrogens is 3. The third-order valence-corrected chi connectivity index (χ3v) is 4.13. The lowest BCUT2D eigenvalue weighted by molar-refractivity contribution is 0.712. The Morgan fingerprint density at radius 1 is 1.50 bits per heavy atom. The van der Waals surface area contributed by atoms with E-state index in [9.17, 15) is 0 Å². The lowest BCUT2D eigenvalue weighted by Gasteiger charge is -2.23. The van der Waals surface area contributed by atoms with E-state index in [4.69, 9.17) is 0 Å². The summed E-state index contributed by atoms with van der Waals surface area (Å²) in [6.07, 6.45) is 7.07. The maximum atomic E-state index is 4.60. The van der Waals surface area contributed by atoms with Gasteiger partial charge in [0, 0.05) is 36.9 Å². The number of hydrogen-bond acceptors (Lipinski definition) is 5. The monoisotopic (exact) mass is 260 g/mol. The van der Waals surface area contributed by atoms with E-state index in [-0.39, 0.29) is 0 Å². The summed E-state index contributed by atoms with van der Waals surface area (Å²) in [4.78, 5) is 11.2. The first-order chi connectivity index (χ1) is 8.88. The van der Waals surface area contributed by atoms with Gasteiger partial charge in [0.1, 0.15) is 5.82 Å². The van der Waals surface area contributed by atoms with Crippen molar-refractivity contribution in [1.29, 1.82) is 0 Å². The van der Waals surface area contributed by atoms with Crippen LogP contribution in [0.3, 0.4) is 0 Å². The molecular weight excluding hydrogens is 244 g/mol. The summed E-state index contributed by atoms with van der Waals surface area (Å²) >= 11 is 1.51. The predicted octanol–water partition coefficient (Wildman–Crippen LogP) is 2.84. The number of pyridine rings is 1. The van der Waals surface area contributed by atoms with Crippen molar-refractivity contribution in [3.63, 3.8) is 0 Å². The van der Waals surface area contributed by atoms with Gasteiger partial charge in [-0.1, -0.05) is 13.0 Å². The highest BCUT2D eigenvalue weighted by Crippen LogP contribution is 2.36. The van der Waals surface area contributed by atoms with Crippen LogP contribution in [0.4, 0.5) is 5.13 Å². The molecule has 1 atom stereocenters. The van der Waals surface area contributed by atoms with Gasteiger partial charge in [0.05, 0.1) is 6.04 Å². The fraction of sp³-hybridized carbons (Fsp3) is 0.462. The highest BCUT2D eigenvalue weighted by Gasteiger charge is 2.28. The summed E-state index contributed by atoms with van der Waals surface area (Å²) in [5, 5.41) is 1.05. The zero-order valence-electron chi connectivity index (χ0n) is 10.4. The molecule has 0 aromatic carbocycles. The molecule has 0 radical (unpaired) electrons. The average Bonchev–Trinajstić information content (AvgIpc) is 3.08. The molecule has 4 nitrogen and oxygen atoms in total. The molecule has 1 fully saturated rings. The zero-order chi connectivity index (χ0) is 12.4. The molecule has 1 saturated heterocycles. The van der Waals surface area contributed by atoms with Crippen molar-refractivity contribution < 1.29 is 0 Å². The Morgan fingerprint density at radius 3 is 3.17 bits per heavy atom. The van der Waals surface area contributed by atoms with Gasteiger partial charge >= 0.3 is 0 Å². The van der Waals surface area contributed by atoms with E-state index < -0.39 is 0 Å². The Bertz CT molecular complexity index is 511. The van der Waals surface area contributed by atoms with Gasteiger partial charge in [-0.25, -0.2) is 4.98 Å². The van der Waals surface area contributed by atoms with E-state index in [1.54, 1.807) is 0 Å². The van der Waals surface area contributed by atoms with Gasteiger partial charge in [0.2, 0.25) is 5.13 Å². The molecule has 94 valence electrons. The normalized spacial score (nSPS) is 19.4. The van der Waals surface area contributed by atoms with Crippen molar-refractivity contribution in [1.82, 2.24) is 14.3 Å². The van der Waals surface area contributed by atoms with Crippen LogP contribution in [-0.4, -0.2) is 20.9 Å². The molecule has 2 aromatic heterocycles. The van der Waals surface area contributed by atoms with Crippen molar-refractivity contribution in [2.45, 2.75) is 32.2 Å². The lowest BCUT2D eigenvalue weighted by Crippen LogP contribution is -2.22. The van der Waals surface area contributed by atoms with Crippen molar-refractivity contribution in [2.24, 2.45) is 0 Å². The fourth-order valence-corrected chi connectivity index (χ4v) is 3.25. The second kappa shape index (κ2) is 5.02. The minimum atomic E-state index is 0.413. The van der Waals surface area contributed by atoms with Crippen LogP contribution < -0.4 is 4.90 Å². The predicted molar refractivity (Wildman–Crippen MR) is 72.8 cm³/mol. The molecule has 0 saturated carbocycles. The summed E-state index contributed by atoms with van der Waals surface area (Å²) in [5.41, 5.74) is 1.28. The van der Waals surface area contributed by atoms with E-state index >= 15 is 0 Å². The van der Waals surface area contributed by atoms with Gasteiger partial charge < -0.3 is 4.90 Å². The van der Waals surface area contributed by atoms with Crippen molar-refractivity contribution in [2.75, 3.05) is 11.4 Å². The first kappa shape index (κ1) is 11.6. The average molecular weight is 260 g/mol. The Hall–Kier alpha value is -1.49. The maximum Gasteiger partial charge on any atom is 0.205 e. The molecule has 3 rings (SSSR count). The molecule has 1 aliphatic heterocycles. The summed E-state index contributed by atoms with van der Waals surface area (Å²) in [6, 6.07) is 4.57. The van der Waals surface area contributed by atoms with E-state index in [2.05, 4.69) is 32.2 Å². The molecular formula is C13H16N4S. The van der Waals surface area contributed by atoms with Crippen LogP contribution in [0, 0.1) is 0 Å². The number of rotatable bonds is 3. The van der Waals surface area contributed by atoms with Crippen molar-refractivity contribution in [3.8, 4) is 0 Å². The van der Waals surface area contributed by atoms with Gasteiger partial charge in [-0.3, -0.25) is 4.98 Å². The Balaban J connectivity index is 1.87. The minimum absolute atomic E-state index is 0.413. The van der Waals surface area contributed by atoms with Crippen molar-refractivity contribution >= 4 is 16.7 Å².